The molecule has 1 N–H and O–H groups in total. The minimum Gasteiger partial charge on any atom is -0.493 e. The average Bonchev–Trinajstić information content (AvgIpc) is 2.49. The normalized spacial score (nSPS) is 12.0. The second kappa shape index (κ2) is 6.59. The number of rotatable bonds is 5. The first kappa shape index (κ1) is 15.3. The van der Waals surface area contributed by atoms with Gasteiger partial charge in [0.15, 0.2) is 23.1 Å². The monoisotopic (exact) mass is 290 g/mol. The number of hydrogen-bond donors (Lipinski definition) is 1. The molecule has 0 amide bonds. The quantitative estimate of drug-likeness (QED) is 0.895. The summed E-state index contributed by atoms with van der Waals surface area (Å²) in [5, 5.41) is 9.74. The molecule has 0 aromatic heterocycles. The largest absolute Gasteiger partial charge is 0.493 e. The molecular weight excluding hydrogens is 271 g/mol. The van der Waals surface area contributed by atoms with Gasteiger partial charge in [0.1, 0.15) is 0 Å². The van der Waals surface area contributed by atoms with Gasteiger partial charge in [-0.3, -0.25) is 0 Å². The first-order valence-electron chi connectivity index (χ1n) is 6.88. The molecule has 2 rings (SSSR count). The molecule has 0 fully saturated rings. The summed E-state index contributed by atoms with van der Waals surface area (Å²) in [4.78, 5) is 0. The van der Waals surface area contributed by atoms with Crippen molar-refractivity contribution in [2.45, 2.75) is 26.4 Å². The molecule has 1 atom stereocenters. The van der Waals surface area contributed by atoms with Gasteiger partial charge in [-0.2, -0.15) is 0 Å². The van der Waals surface area contributed by atoms with E-state index < -0.39 is 11.9 Å². The SMILES string of the molecule is CCc1ccc(Oc2c(F)cccc2[C@@H](C)O)c(OC)c1. The predicted octanol–water partition coefficient (Wildman–Crippen LogP) is 4.24. The van der Waals surface area contributed by atoms with Crippen molar-refractivity contribution < 1.29 is 19.0 Å². The summed E-state index contributed by atoms with van der Waals surface area (Å²) in [5.74, 6) is 0.459. The number of aliphatic hydroxyl groups excluding tert-OH is 1. The maximum absolute atomic E-state index is 14.0. The van der Waals surface area contributed by atoms with E-state index in [0.717, 1.165) is 12.0 Å². The molecule has 0 spiro atoms. The lowest BCUT2D eigenvalue weighted by Crippen LogP contribution is -2.00. The standard InChI is InChI=1S/C17H19FO3/c1-4-12-8-9-15(16(10-12)20-3)21-17-13(11(2)19)6-5-7-14(17)18/h5-11,19H,4H2,1-3H3/t11-/m1/s1. The summed E-state index contributed by atoms with van der Waals surface area (Å²) in [7, 11) is 1.54. The van der Waals surface area contributed by atoms with Crippen LogP contribution >= 0.6 is 0 Å². The minimum absolute atomic E-state index is 0.0232. The van der Waals surface area contributed by atoms with Crippen molar-refractivity contribution in [3.8, 4) is 17.2 Å². The van der Waals surface area contributed by atoms with Crippen LogP contribution in [0.5, 0.6) is 17.2 Å². The van der Waals surface area contributed by atoms with Crippen molar-refractivity contribution in [3.63, 3.8) is 0 Å². The Balaban J connectivity index is 2.43. The van der Waals surface area contributed by atoms with Crippen molar-refractivity contribution in [2.75, 3.05) is 7.11 Å². The van der Waals surface area contributed by atoms with Crippen LogP contribution in [0.3, 0.4) is 0 Å². The Kier molecular flexibility index (Phi) is 4.81. The van der Waals surface area contributed by atoms with Crippen molar-refractivity contribution in [2.24, 2.45) is 0 Å². The molecular formula is C17H19FO3. The third kappa shape index (κ3) is 3.34. The smallest absolute Gasteiger partial charge is 0.169 e. The number of ether oxygens (including phenoxy) is 2. The summed E-state index contributed by atoms with van der Waals surface area (Å²) in [6.45, 7) is 3.61. The number of benzene rings is 2. The zero-order valence-corrected chi connectivity index (χ0v) is 12.4. The molecule has 0 aliphatic rings. The highest BCUT2D eigenvalue weighted by molar-refractivity contribution is 5.47. The average molecular weight is 290 g/mol. The van der Waals surface area contributed by atoms with E-state index in [1.807, 2.05) is 19.1 Å². The van der Waals surface area contributed by atoms with Crippen molar-refractivity contribution in [3.05, 3.63) is 53.3 Å². The van der Waals surface area contributed by atoms with Gasteiger partial charge in [0.2, 0.25) is 0 Å². The van der Waals surface area contributed by atoms with E-state index in [1.165, 1.54) is 6.07 Å². The predicted molar refractivity (Wildman–Crippen MR) is 79.5 cm³/mol. The third-order valence-corrected chi connectivity index (χ3v) is 3.30. The fourth-order valence-electron chi connectivity index (χ4n) is 2.09. The second-order valence-electron chi connectivity index (χ2n) is 4.77. The van der Waals surface area contributed by atoms with E-state index in [2.05, 4.69) is 0 Å². The number of aliphatic hydroxyl groups is 1. The summed E-state index contributed by atoms with van der Waals surface area (Å²) in [5.41, 5.74) is 1.50. The Morgan fingerprint density at radius 3 is 2.57 bits per heavy atom. The molecule has 0 bridgehead atoms. The zero-order valence-electron chi connectivity index (χ0n) is 12.4. The van der Waals surface area contributed by atoms with Gasteiger partial charge in [-0.1, -0.05) is 25.1 Å². The molecule has 0 aliphatic heterocycles. The Hall–Kier alpha value is -2.07. The first-order chi connectivity index (χ1) is 10.1. The van der Waals surface area contributed by atoms with Crippen LogP contribution in [-0.4, -0.2) is 12.2 Å². The second-order valence-corrected chi connectivity index (χ2v) is 4.77. The van der Waals surface area contributed by atoms with Gasteiger partial charge in [0.25, 0.3) is 0 Å². The van der Waals surface area contributed by atoms with Gasteiger partial charge in [0, 0.05) is 5.56 Å². The van der Waals surface area contributed by atoms with Crippen molar-refractivity contribution >= 4 is 0 Å². The van der Waals surface area contributed by atoms with Crippen LogP contribution in [0.2, 0.25) is 0 Å². The van der Waals surface area contributed by atoms with Gasteiger partial charge in [-0.25, -0.2) is 4.39 Å². The molecule has 0 heterocycles. The van der Waals surface area contributed by atoms with Crippen LogP contribution in [0.25, 0.3) is 0 Å². The lowest BCUT2D eigenvalue weighted by atomic mass is 10.1. The van der Waals surface area contributed by atoms with E-state index in [4.69, 9.17) is 9.47 Å². The molecule has 0 saturated heterocycles. The van der Waals surface area contributed by atoms with Gasteiger partial charge >= 0.3 is 0 Å². The van der Waals surface area contributed by atoms with Gasteiger partial charge in [-0.15, -0.1) is 0 Å². The highest BCUT2D eigenvalue weighted by Crippen LogP contribution is 2.37. The Labute approximate surface area is 124 Å². The lowest BCUT2D eigenvalue weighted by Gasteiger charge is -2.16. The van der Waals surface area contributed by atoms with Crippen LogP contribution < -0.4 is 9.47 Å². The minimum atomic E-state index is -0.823. The molecule has 4 heteroatoms. The van der Waals surface area contributed by atoms with Crippen LogP contribution in [0.1, 0.15) is 31.1 Å². The molecule has 0 aliphatic carbocycles. The highest BCUT2D eigenvalue weighted by atomic mass is 19.1. The first-order valence-corrected chi connectivity index (χ1v) is 6.88. The summed E-state index contributed by atoms with van der Waals surface area (Å²) < 4.78 is 25.0. The van der Waals surface area contributed by atoms with E-state index in [1.54, 1.807) is 32.2 Å². The molecule has 21 heavy (non-hydrogen) atoms. The number of methoxy groups -OCH3 is 1. The van der Waals surface area contributed by atoms with Gasteiger partial charge in [0.05, 0.1) is 13.2 Å². The van der Waals surface area contributed by atoms with Crippen molar-refractivity contribution in [1.29, 1.82) is 0 Å². The molecule has 0 radical (unpaired) electrons. The fourth-order valence-corrected chi connectivity index (χ4v) is 2.09. The van der Waals surface area contributed by atoms with E-state index in [9.17, 15) is 9.50 Å². The third-order valence-electron chi connectivity index (χ3n) is 3.30. The lowest BCUT2D eigenvalue weighted by molar-refractivity contribution is 0.194. The Morgan fingerprint density at radius 1 is 1.19 bits per heavy atom. The number of halogens is 1. The van der Waals surface area contributed by atoms with Crippen LogP contribution in [-0.2, 0) is 6.42 Å². The molecule has 0 unspecified atom stereocenters. The summed E-state index contributed by atoms with van der Waals surface area (Å²) in [6, 6.07) is 9.99. The molecule has 2 aromatic carbocycles. The Bertz CT molecular complexity index is 623. The van der Waals surface area contributed by atoms with Crippen LogP contribution in [0, 0.1) is 5.82 Å². The fraction of sp³-hybridized carbons (Fsp3) is 0.294. The highest BCUT2D eigenvalue weighted by Gasteiger charge is 2.16. The maximum Gasteiger partial charge on any atom is 0.169 e. The molecule has 3 nitrogen and oxygen atoms in total. The summed E-state index contributed by atoms with van der Waals surface area (Å²) in [6.07, 6.45) is 0.0477. The van der Waals surface area contributed by atoms with Crippen LogP contribution in [0.4, 0.5) is 4.39 Å². The molecule has 2 aromatic rings. The Morgan fingerprint density at radius 2 is 1.95 bits per heavy atom. The van der Waals surface area contributed by atoms with Gasteiger partial charge < -0.3 is 14.6 Å². The van der Waals surface area contributed by atoms with Gasteiger partial charge in [-0.05, 0) is 37.1 Å². The number of hydrogen-bond acceptors (Lipinski definition) is 3. The maximum atomic E-state index is 14.0. The number of para-hydroxylation sites is 1. The van der Waals surface area contributed by atoms with E-state index in [0.29, 0.717) is 17.1 Å². The van der Waals surface area contributed by atoms with Crippen LogP contribution in [0.15, 0.2) is 36.4 Å². The molecule has 112 valence electrons. The van der Waals surface area contributed by atoms with E-state index >= 15 is 0 Å². The van der Waals surface area contributed by atoms with E-state index in [-0.39, 0.29) is 5.75 Å². The summed E-state index contributed by atoms with van der Waals surface area (Å²) >= 11 is 0. The zero-order chi connectivity index (χ0) is 15.4. The topological polar surface area (TPSA) is 38.7 Å². The van der Waals surface area contributed by atoms with Crippen molar-refractivity contribution in [1.82, 2.24) is 0 Å². The number of aryl methyl sites for hydroxylation is 1. The molecule has 0 saturated carbocycles.